The molecule has 0 spiro atoms. The normalized spacial score (nSPS) is 21.2. The third-order valence-electron chi connectivity index (χ3n) is 7.28. The number of aromatic nitrogens is 4. The third-order valence-corrected chi connectivity index (χ3v) is 7.87. The van der Waals surface area contributed by atoms with Crippen molar-refractivity contribution < 1.29 is 9.53 Å². The van der Waals surface area contributed by atoms with Gasteiger partial charge in [-0.15, -0.1) is 0 Å². The van der Waals surface area contributed by atoms with Crippen molar-refractivity contribution in [2.45, 2.75) is 52.1 Å². The van der Waals surface area contributed by atoms with Crippen LogP contribution in [0.5, 0.6) is 0 Å². The van der Waals surface area contributed by atoms with E-state index in [9.17, 15) is 4.79 Å². The van der Waals surface area contributed by atoms with Crippen LogP contribution in [-0.4, -0.2) is 69.4 Å². The number of hydrogen-bond acceptors (Lipinski definition) is 7. The molecule has 0 N–H and O–H groups in total. The number of ether oxygens (including phenoxy) is 1. The zero-order valence-corrected chi connectivity index (χ0v) is 22.3. The van der Waals surface area contributed by atoms with Gasteiger partial charge < -0.3 is 9.64 Å². The summed E-state index contributed by atoms with van der Waals surface area (Å²) in [5.74, 6) is 0.814. The van der Waals surface area contributed by atoms with Gasteiger partial charge >= 0.3 is 5.97 Å². The van der Waals surface area contributed by atoms with Crippen LogP contribution in [0.15, 0.2) is 24.4 Å². The Labute approximate surface area is 221 Å². The lowest BCUT2D eigenvalue weighted by molar-refractivity contribution is 0.0520. The fraction of sp³-hybridized carbons (Fsp3) is 0.538. The SMILES string of the molecule is CCOC(=O)c1nn(Cc2ccc(Cl)cc2Cl)c2nc(N3CCC(N4CCCCC4)C(C)C3)cnc12. The molecule has 2 saturated heterocycles. The van der Waals surface area contributed by atoms with E-state index in [4.69, 9.17) is 32.9 Å². The zero-order valence-electron chi connectivity index (χ0n) is 20.8. The molecule has 2 unspecified atom stereocenters. The number of benzene rings is 1. The highest BCUT2D eigenvalue weighted by Gasteiger charge is 2.32. The predicted octanol–water partition coefficient (Wildman–Crippen LogP) is 5.06. The molecule has 3 aromatic rings. The maximum absolute atomic E-state index is 12.6. The average molecular weight is 531 g/mol. The summed E-state index contributed by atoms with van der Waals surface area (Å²) in [6.07, 6.45) is 6.82. The van der Waals surface area contributed by atoms with E-state index in [1.807, 2.05) is 6.07 Å². The van der Waals surface area contributed by atoms with Gasteiger partial charge in [-0.2, -0.15) is 5.10 Å². The lowest BCUT2D eigenvalue weighted by Gasteiger charge is -2.44. The van der Waals surface area contributed by atoms with Gasteiger partial charge in [0.1, 0.15) is 11.3 Å². The van der Waals surface area contributed by atoms with Crippen LogP contribution < -0.4 is 4.90 Å². The number of nitrogens with zero attached hydrogens (tertiary/aromatic N) is 6. The van der Waals surface area contributed by atoms with E-state index in [2.05, 4.69) is 26.8 Å². The first-order chi connectivity index (χ1) is 17.4. The van der Waals surface area contributed by atoms with Crippen LogP contribution in [0.2, 0.25) is 10.0 Å². The molecule has 5 rings (SSSR count). The van der Waals surface area contributed by atoms with E-state index in [1.54, 1.807) is 29.9 Å². The summed E-state index contributed by atoms with van der Waals surface area (Å²) in [4.78, 5) is 27.2. The lowest BCUT2D eigenvalue weighted by atomic mass is 9.91. The molecule has 2 atom stereocenters. The first-order valence-corrected chi connectivity index (χ1v) is 13.5. The second-order valence-electron chi connectivity index (χ2n) is 9.74. The number of anilines is 1. The predicted molar refractivity (Wildman–Crippen MR) is 142 cm³/mol. The first kappa shape index (κ1) is 25.2. The number of hydrogen-bond donors (Lipinski definition) is 0. The molecule has 0 saturated carbocycles. The van der Waals surface area contributed by atoms with E-state index in [0.29, 0.717) is 39.7 Å². The van der Waals surface area contributed by atoms with Crippen molar-refractivity contribution in [3.05, 3.63) is 45.7 Å². The summed E-state index contributed by atoms with van der Waals surface area (Å²) < 4.78 is 6.91. The van der Waals surface area contributed by atoms with Gasteiger partial charge in [0.2, 0.25) is 0 Å². The Morgan fingerprint density at radius 2 is 1.97 bits per heavy atom. The zero-order chi connectivity index (χ0) is 25.2. The Hall–Kier alpha value is -2.42. The van der Waals surface area contributed by atoms with Gasteiger partial charge in [0.25, 0.3) is 0 Å². The van der Waals surface area contributed by atoms with Gasteiger partial charge in [-0.25, -0.2) is 19.4 Å². The van der Waals surface area contributed by atoms with Crippen LogP contribution in [0.25, 0.3) is 11.2 Å². The number of carbonyl (C=O) groups excluding carboxylic acids is 1. The van der Waals surface area contributed by atoms with Gasteiger partial charge in [-0.3, -0.25) is 4.90 Å². The van der Waals surface area contributed by atoms with Crippen LogP contribution in [0.3, 0.4) is 0 Å². The maximum Gasteiger partial charge on any atom is 0.361 e. The molecule has 8 nitrogen and oxygen atoms in total. The van der Waals surface area contributed by atoms with Crippen molar-refractivity contribution in [2.24, 2.45) is 5.92 Å². The molecule has 10 heteroatoms. The summed E-state index contributed by atoms with van der Waals surface area (Å²) in [6, 6.07) is 5.95. The van der Waals surface area contributed by atoms with Crippen LogP contribution in [0.1, 0.15) is 55.6 Å². The Balaban J connectivity index is 1.44. The monoisotopic (exact) mass is 530 g/mol. The summed E-state index contributed by atoms with van der Waals surface area (Å²) in [7, 11) is 0. The number of rotatable bonds is 6. The third kappa shape index (κ3) is 5.17. The minimum Gasteiger partial charge on any atom is -0.461 e. The molecule has 0 bridgehead atoms. The molecule has 36 heavy (non-hydrogen) atoms. The summed E-state index contributed by atoms with van der Waals surface area (Å²) >= 11 is 12.5. The number of halogens is 2. The minimum absolute atomic E-state index is 0.160. The number of likely N-dealkylation sites (tertiary alicyclic amines) is 1. The van der Waals surface area contributed by atoms with E-state index in [0.717, 1.165) is 30.9 Å². The summed E-state index contributed by atoms with van der Waals surface area (Å²) in [5, 5.41) is 5.63. The first-order valence-electron chi connectivity index (χ1n) is 12.8. The Kier molecular flexibility index (Phi) is 7.65. The number of fused-ring (bicyclic) bond motifs is 1. The summed E-state index contributed by atoms with van der Waals surface area (Å²) in [6.45, 7) is 8.96. The van der Waals surface area contributed by atoms with Crippen molar-refractivity contribution in [1.29, 1.82) is 0 Å². The second kappa shape index (κ2) is 10.9. The largest absolute Gasteiger partial charge is 0.461 e. The van der Waals surface area contributed by atoms with E-state index < -0.39 is 5.97 Å². The fourth-order valence-corrected chi connectivity index (χ4v) is 5.95. The van der Waals surface area contributed by atoms with Crippen LogP contribution in [0.4, 0.5) is 5.82 Å². The molecule has 2 aromatic heterocycles. The average Bonchev–Trinajstić information content (AvgIpc) is 3.24. The summed E-state index contributed by atoms with van der Waals surface area (Å²) in [5.41, 5.74) is 1.95. The molecule has 0 amide bonds. The molecule has 2 aliphatic heterocycles. The highest BCUT2D eigenvalue weighted by atomic mass is 35.5. The number of piperidine rings is 2. The molecule has 2 aliphatic rings. The second-order valence-corrected chi connectivity index (χ2v) is 10.6. The lowest BCUT2D eigenvalue weighted by Crippen LogP contribution is -2.51. The van der Waals surface area contributed by atoms with Gasteiger partial charge in [0, 0.05) is 29.2 Å². The molecular formula is C26H32Cl2N6O2. The molecular weight excluding hydrogens is 499 g/mol. The molecule has 0 radical (unpaired) electrons. The standard InChI is InChI=1S/C26H32Cl2N6O2/c1-3-36-26(35)24-23-25(34(31-24)16-18-7-8-19(27)13-20(18)28)30-22(14-29-23)33-12-9-21(17(2)15-33)32-10-5-4-6-11-32/h7-8,13-14,17,21H,3-6,9-12,15-16H2,1-2H3. The molecule has 192 valence electrons. The van der Waals surface area contributed by atoms with Crippen molar-refractivity contribution in [3.63, 3.8) is 0 Å². The van der Waals surface area contributed by atoms with Gasteiger partial charge in [0.15, 0.2) is 11.3 Å². The van der Waals surface area contributed by atoms with Crippen molar-refractivity contribution in [1.82, 2.24) is 24.6 Å². The van der Waals surface area contributed by atoms with Crippen molar-refractivity contribution >= 4 is 46.2 Å². The highest BCUT2D eigenvalue weighted by Crippen LogP contribution is 2.29. The van der Waals surface area contributed by atoms with E-state index in [-0.39, 0.29) is 12.3 Å². The number of esters is 1. The Morgan fingerprint density at radius 3 is 2.69 bits per heavy atom. The molecule has 2 fully saturated rings. The number of carbonyl (C=O) groups is 1. The van der Waals surface area contributed by atoms with Crippen molar-refractivity contribution in [3.8, 4) is 0 Å². The Morgan fingerprint density at radius 1 is 1.17 bits per heavy atom. The smallest absolute Gasteiger partial charge is 0.361 e. The van der Waals surface area contributed by atoms with Gasteiger partial charge in [-0.1, -0.05) is 42.6 Å². The van der Waals surface area contributed by atoms with E-state index in [1.165, 1.54) is 32.4 Å². The van der Waals surface area contributed by atoms with E-state index >= 15 is 0 Å². The molecule has 0 aliphatic carbocycles. The minimum atomic E-state index is -0.513. The van der Waals surface area contributed by atoms with Crippen molar-refractivity contribution in [2.75, 3.05) is 37.7 Å². The Bertz CT molecular complexity index is 1240. The van der Waals surface area contributed by atoms with Gasteiger partial charge in [-0.05, 0) is 62.9 Å². The maximum atomic E-state index is 12.6. The van der Waals surface area contributed by atoms with Crippen LogP contribution in [-0.2, 0) is 11.3 Å². The van der Waals surface area contributed by atoms with Crippen LogP contribution in [0, 0.1) is 5.92 Å². The molecule has 4 heterocycles. The molecule has 1 aromatic carbocycles. The highest BCUT2D eigenvalue weighted by molar-refractivity contribution is 6.35. The topological polar surface area (TPSA) is 76.4 Å². The quantitative estimate of drug-likeness (QED) is 0.412. The van der Waals surface area contributed by atoms with Crippen LogP contribution >= 0.6 is 23.2 Å². The van der Waals surface area contributed by atoms with Gasteiger partial charge in [0.05, 0.1) is 19.3 Å². The fourth-order valence-electron chi connectivity index (χ4n) is 5.48.